The molecule has 0 heterocycles. The molecule has 116 valence electrons. The Kier molecular flexibility index (Phi) is 4.30. The van der Waals surface area contributed by atoms with Gasteiger partial charge in [0.05, 0.1) is 11.5 Å². The van der Waals surface area contributed by atoms with E-state index in [1.165, 1.54) is 0 Å². The van der Waals surface area contributed by atoms with Crippen molar-refractivity contribution in [2.24, 2.45) is 11.8 Å². The first-order valence-corrected chi connectivity index (χ1v) is 6.48. The summed E-state index contributed by atoms with van der Waals surface area (Å²) in [6.07, 6.45) is -4.09. The predicted octanol–water partition coefficient (Wildman–Crippen LogP) is 4.66. The van der Waals surface area contributed by atoms with Crippen LogP contribution in [-0.2, 0) is 0 Å². The summed E-state index contributed by atoms with van der Waals surface area (Å²) in [6, 6.07) is 1.23. The molecular weight excluding hydrogens is 298 g/mol. The van der Waals surface area contributed by atoms with Gasteiger partial charge in [-0.3, -0.25) is 4.79 Å². The van der Waals surface area contributed by atoms with E-state index < -0.39 is 46.8 Å². The molecule has 1 saturated carbocycles. The fraction of sp³-hybridized carbons (Fsp3) is 0.500. The molecule has 21 heavy (non-hydrogen) atoms. The zero-order valence-corrected chi connectivity index (χ0v) is 10.8. The van der Waals surface area contributed by atoms with Gasteiger partial charge >= 0.3 is 6.18 Å². The number of hydrogen-bond acceptors (Lipinski definition) is 1. The molecule has 1 aliphatic rings. The highest BCUT2D eigenvalue weighted by Gasteiger charge is 2.48. The standard InChI is InChI=1S/C14H12F6O/c15-10-6-5-8(11(16)12(10)17)13(21)7-3-1-2-4-9(7)14(18,19)20/h5-7,9H,1-4H2. The highest BCUT2D eigenvalue weighted by Crippen LogP contribution is 2.43. The maximum absolute atomic E-state index is 13.6. The van der Waals surface area contributed by atoms with E-state index in [2.05, 4.69) is 0 Å². The zero-order valence-electron chi connectivity index (χ0n) is 10.8. The number of Topliss-reactive ketones (excluding diaryl/α,β-unsaturated/α-hetero) is 1. The molecule has 2 unspecified atom stereocenters. The second kappa shape index (κ2) is 5.69. The SMILES string of the molecule is O=C(c1ccc(F)c(F)c1F)C1CCCCC1C(F)(F)F. The van der Waals surface area contributed by atoms with Crippen LogP contribution in [-0.4, -0.2) is 12.0 Å². The monoisotopic (exact) mass is 310 g/mol. The van der Waals surface area contributed by atoms with Gasteiger partial charge in [0.15, 0.2) is 23.2 Å². The molecule has 1 nitrogen and oxygen atoms in total. The summed E-state index contributed by atoms with van der Waals surface area (Å²) in [5.41, 5.74) is -0.824. The lowest BCUT2D eigenvalue weighted by Crippen LogP contribution is -2.37. The minimum atomic E-state index is -4.57. The average molecular weight is 310 g/mol. The maximum atomic E-state index is 13.6. The van der Waals surface area contributed by atoms with Gasteiger partial charge in [-0.2, -0.15) is 13.2 Å². The van der Waals surface area contributed by atoms with Crippen LogP contribution in [0.4, 0.5) is 26.3 Å². The molecule has 0 N–H and O–H groups in total. The first-order valence-electron chi connectivity index (χ1n) is 6.48. The first-order chi connectivity index (χ1) is 9.73. The minimum Gasteiger partial charge on any atom is -0.294 e. The predicted molar refractivity (Wildman–Crippen MR) is 62.1 cm³/mol. The second-order valence-corrected chi connectivity index (χ2v) is 5.13. The van der Waals surface area contributed by atoms with Crippen molar-refractivity contribution in [3.63, 3.8) is 0 Å². The first kappa shape index (κ1) is 15.9. The van der Waals surface area contributed by atoms with Crippen LogP contribution in [0.3, 0.4) is 0 Å². The Balaban J connectivity index is 2.36. The molecule has 2 atom stereocenters. The van der Waals surface area contributed by atoms with Gasteiger partial charge in [0, 0.05) is 5.92 Å². The Labute approximate surface area is 116 Å². The average Bonchev–Trinajstić information content (AvgIpc) is 2.43. The van der Waals surface area contributed by atoms with E-state index in [0.717, 1.165) is 0 Å². The number of hydrogen-bond donors (Lipinski definition) is 0. The van der Waals surface area contributed by atoms with E-state index in [0.29, 0.717) is 25.0 Å². The number of carbonyl (C=O) groups excluding carboxylic acids is 1. The molecule has 0 amide bonds. The summed E-state index contributed by atoms with van der Waals surface area (Å²) in [5, 5.41) is 0. The number of halogens is 6. The van der Waals surface area contributed by atoms with Crippen LogP contribution in [0.25, 0.3) is 0 Å². The maximum Gasteiger partial charge on any atom is 0.392 e. The number of rotatable bonds is 2. The molecule has 1 aromatic carbocycles. The van der Waals surface area contributed by atoms with E-state index in [9.17, 15) is 31.1 Å². The summed E-state index contributed by atoms with van der Waals surface area (Å²) in [7, 11) is 0. The number of carbonyl (C=O) groups is 1. The largest absolute Gasteiger partial charge is 0.392 e. The Morgan fingerprint density at radius 3 is 2.24 bits per heavy atom. The Morgan fingerprint density at radius 1 is 1.00 bits per heavy atom. The van der Waals surface area contributed by atoms with Crippen LogP contribution in [0, 0.1) is 29.3 Å². The third-order valence-corrected chi connectivity index (χ3v) is 3.82. The number of alkyl halides is 3. The molecule has 1 aromatic rings. The van der Waals surface area contributed by atoms with Crippen molar-refractivity contribution in [2.45, 2.75) is 31.9 Å². The molecule has 1 fully saturated rings. The fourth-order valence-electron chi connectivity index (χ4n) is 2.75. The topological polar surface area (TPSA) is 17.1 Å². The molecule has 0 spiro atoms. The van der Waals surface area contributed by atoms with E-state index >= 15 is 0 Å². The number of benzene rings is 1. The van der Waals surface area contributed by atoms with Crippen molar-refractivity contribution in [3.8, 4) is 0 Å². The van der Waals surface area contributed by atoms with Crippen LogP contribution in [0.2, 0.25) is 0 Å². The van der Waals surface area contributed by atoms with Crippen LogP contribution in [0.5, 0.6) is 0 Å². The molecule has 0 radical (unpaired) electrons. The molecular formula is C14H12F6O. The van der Waals surface area contributed by atoms with E-state index in [-0.39, 0.29) is 12.8 Å². The summed E-state index contributed by atoms with van der Waals surface area (Å²) >= 11 is 0. The van der Waals surface area contributed by atoms with Gasteiger partial charge < -0.3 is 0 Å². The smallest absolute Gasteiger partial charge is 0.294 e. The van der Waals surface area contributed by atoms with E-state index in [1.54, 1.807) is 0 Å². The van der Waals surface area contributed by atoms with Gasteiger partial charge in [-0.25, -0.2) is 13.2 Å². The van der Waals surface area contributed by atoms with Gasteiger partial charge in [0.2, 0.25) is 0 Å². The lowest BCUT2D eigenvalue weighted by Gasteiger charge is -2.32. The third kappa shape index (κ3) is 3.06. The van der Waals surface area contributed by atoms with Crippen molar-refractivity contribution in [1.82, 2.24) is 0 Å². The lowest BCUT2D eigenvalue weighted by molar-refractivity contribution is -0.191. The van der Waals surface area contributed by atoms with Crippen molar-refractivity contribution in [2.75, 3.05) is 0 Å². The Morgan fingerprint density at radius 2 is 1.62 bits per heavy atom. The summed E-state index contributed by atoms with van der Waals surface area (Å²) < 4.78 is 78.3. The quantitative estimate of drug-likeness (QED) is 0.441. The third-order valence-electron chi connectivity index (χ3n) is 3.82. The highest BCUT2D eigenvalue weighted by molar-refractivity contribution is 5.98. The van der Waals surface area contributed by atoms with Gasteiger partial charge in [-0.05, 0) is 25.0 Å². The molecule has 0 bridgehead atoms. The lowest BCUT2D eigenvalue weighted by atomic mass is 9.75. The Hall–Kier alpha value is -1.53. The second-order valence-electron chi connectivity index (χ2n) is 5.13. The van der Waals surface area contributed by atoms with Crippen LogP contribution in [0.15, 0.2) is 12.1 Å². The van der Waals surface area contributed by atoms with E-state index in [1.807, 2.05) is 0 Å². The van der Waals surface area contributed by atoms with Crippen molar-refractivity contribution in [3.05, 3.63) is 35.1 Å². The zero-order chi connectivity index (χ0) is 15.8. The molecule has 0 aromatic heterocycles. The number of ketones is 1. The highest BCUT2D eigenvalue weighted by atomic mass is 19.4. The summed E-state index contributed by atoms with van der Waals surface area (Å²) in [5.74, 6) is -9.50. The van der Waals surface area contributed by atoms with Gasteiger partial charge in [0.1, 0.15) is 0 Å². The summed E-state index contributed by atoms with van der Waals surface area (Å²) in [6.45, 7) is 0. The molecule has 1 aliphatic carbocycles. The van der Waals surface area contributed by atoms with Crippen LogP contribution in [0.1, 0.15) is 36.0 Å². The fourth-order valence-corrected chi connectivity index (χ4v) is 2.75. The van der Waals surface area contributed by atoms with Crippen molar-refractivity contribution in [1.29, 1.82) is 0 Å². The minimum absolute atomic E-state index is 0.0402. The van der Waals surface area contributed by atoms with Gasteiger partial charge in [-0.1, -0.05) is 12.8 Å². The molecule has 0 saturated heterocycles. The van der Waals surface area contributed by atoms with Crippen LogP contribution >= 0.6 is 0 Å². The normalized spacial score (nSPS) is 23.1. The molecule has 2 rings (SSSR count). The van der Waals surface area contributed by atoms with Gasteiger partial charge in [0.25, 0.3) is 0 Å². The molecule has 0 aliphatic heterocycles. The van der Waals surface area contributed by atoms with Gasteiger partial charge in [-0.15, -0.1) is 0 Å². The summed E-state index contributed by atoms with van der Waals surface area (Å²) in [4.78, 5) is 12.1. The molecule has 7 heteroatoms. The Bertz CT molecular complexity index is 551. The van der Waals surface area contributed by atoms with Crippen molar-refractivity contribution < 1.29 is 31.1 Å². The van der Waals surface area contributed by atoms with Crippen LogP contribution < -0.4 is 0 Å². The van der Waals surface area contributed by atoms with Crippen molar-refractivity contribution >= 4 is 5.78 Å². The van der Waals surface area contributed by atoms with E-state index in [4.69, 9.17) is 0 Å².